The van der Waals surface area contributed by atoms with Crippen molar-refractivity contribution in [1.29, 1.82) is 0 Å². The van der Waals surface area contributed by atoms with Crippen molar-refractivity contribution in [1.82, 2.24) is 15.6 Å². The summed E-state index contributed by atoms with van der Waals surface area (Å²) in [7, 11) is 0. The van der Waals surface area contributed by atoms with E-state index in [4.69, 9.17) is 0 Å². The summed E-state index contributed by atoms with van der Waals surface area (Å²) >= 11 is 0. The molecule has 19 heavy (non-hydrogen) atoms. The van der Waals surface area contributed by atoms with Gasteiger partial charge < -0.3 is 15.6 Å². The van der Waals surface area contributed by atoms with E-state index in [0.29, 0.717) is 0 Å². The zero-order chi connectivity index (χ0) is 13.5. The number of benzene rings is 1. The number of hydrogen-bond acceptors (Lipinski definition) is 1. The van der Waals surface area contributed by atoms with Crippen LogP contribution >= 0.6 is 0 Å². The molecule has 2 aromatic rings. The smallest absolute Gasteiger partial charge is 0.191 e. The highest BCUT2D eigenvalue weighted by Crippen LogP contribution is 2.17. The molecule has 1 heterocycles. The minimum Gasteiger partial charge on any atom is -0.361 e. The zero-order valence-electron chi connectivity index (χ0n) is 11.7. The second-order valence-electron chi connectivity index (χ2n) is 4.40. The fourth-order valence-corrected chi connectivity index (χ4v) is 2.16. The van der Waals surface area contributed by atoms with E-state index in [1.165, 1.54) is 16.5 Å². The summed E-state index contributed by atoms with van der Waals surface area (Å²) in [5, 5.41) is 7.73. The molecular weight excluding hydrogens is 236 g/mol. The topological polar surface area (TPSA) is 52.2 Å². The fraction of sp³-hybridized carbons (Fsp3) is 0.400. The Balaban J connectivity index is 2.01. The summed E-state index contributed by atoms with van der Waals surface area (Å²) in [4.78, 5) is 7.87. The number of aromatic nitrogens is 1. The average molecular weight is 258 g/mol. The van der Waals surface area contributed by atoms with Crippen molar-refractivity contribution < 1.29 is 0 Å². The van der Waals surface area contributed by atoms with Gasteiger partial charge in [-0.25, -0.2) is 0 Å². The molecule has 4 nitrogen and oxygen atoms in total. The van der Waals surface area contributed by atoms with Gasteiger partial charge in [-0.1, -0.05) is 18.2 Å². The number of H-pyrrole nitrogens is 1. The van der Waals surface area contributed by atoms with Crippen molar-refractivity contribution in [3.05, 3.63) is 36.0 Å². The molecule has 2 rings (SSSR count). The zero-order valence-corrected chi connectivity index (χ0v) is 11.7. The number of rotatable bonds is 5. The van der Waals surface area contributed by atoms with E-state index in [-0.39, 0.29) is 0 Å². The van der Waals surface area contributed by atoms with Crippen molar-refractivity contribution in [2.45, 2.75) is 20.3 Å². The quantitative estimate of drug-likeness (QED) is 0.569. The molecule has 0 aliphatic heterocycles. The first-order chi connectivity index (χ1) is 9.35. The van der Waals surface area contributed by atoms with Gasteiger partial charge in [0.05, 0.1) is 0 Å². The molecule has 4 heteroatoms. The molecule has 0 aliphatic carbocycles. The number of aliphatic imine (C=N–C) groups is 1. The highest BCUT2D eigenvalue weighted by molar-refractivity contribution is 5.82. The molecule has 1 aromatic heterocycles. The van der Waals surface area contributed by atoms with Crippen LogP contribution in [0.3, 0.4) is 0 Å². The lowest BCUT2D eigenvalue weighted by Gasteiger charge is -2.09. The molecule has 0 fully saturated rings. The van der Waals surface area contributed by atoms with Crippen LogP contribution in [0.1, 0.15) is 19.4 Å². The Morgan fingerprint density at radius 1 is 1.16 bits per heavy atom. The molecule has 1 aromatic carbocycles. The van der Waals surface area contributed by atoms with Crippen LogP contribution in [0, 0.1) is 0 Å². The third-order valence-electron chi connectivity index (χ3n) is 3.01. The Morgan fingerprint density at radius 3 is 2.68 bits per heavy atom. The Labute approximate surface area is 114 Å². The molecule has 0 unspecified atom stereocenters. The first kappa shape index (κ1) is 13.5. The van der Waals surface area contributed by atoms with Gasteiger partial charge in [0.25, 0.3) is 0 Å². The van der Waals surface area contributed by atoms with E-state index in [1.807, 2.05) is 6.20 Å². The first-order valence-corrected chi connectivity index (χ1v) is 6.92. The fourth-order valence-electron chi connectivity index (χ4n) is 2.16. The van der Waals surface area contributed by atoms with Crippen molar-refractivity contribution in [3.63, 3.8) is 0 Å². The highest BCUT2D eigenvalue weighted by Gasteiger charge is 2.01. The Hall–Kier alpha value is -1.97. The molecule has 0 radical (unpaired) electrons. The molecule has 0 bridgehead atoms. The molecule has 0 saturated carbocycles. The standard InChI is InChI=1S/C15H22N4/c1-3-16-15(17-4-2)19-11-9-13-7-5-6-12-8-10-18-14(12)13/h5-8,10,18H,3-4,9,11H2,1-2H3,(H2,16,17,19). The number of hydrogen-bond donors (Lipinski definition) is 3. The lowest BCUT2D eigenvalue weighted by atomic mass is 10.1. The third-order valence-corrected chi connectivity index (χ3v) is 3.01. The van der Waals surface area contributed by atoms with E-state index in [0.717, 1.165) is 32.0 Å². The number of nitrogens with zero attached hydrogens (tertiary/aromatic N) is 1. The van der Waals surface area contributed by atoms with Gasteiger partial charge in [-0.15, -0.1) is 0 Å². The Bertz CT molecular complexity index is 534. The summed E-state index contributed by atoms with van der Waals surface area (Å²) in [6, 6.07) is 8.49. The van der Waals surface area contributed by atoms with Crippen LogP contribution in [0.15, 0.2) is 35.5 Å². The average Bonchev–Trinajstić information content (AvgIpc) is 2.88. The second-order valence-corrected chi connectivity index (χ2v) is 4.40. The van der Waals surface area contributed by atoms with Crippen LogP contribution < -0.4 is 10.6 Å². The highest BCUT2D eigenvalue weighted by atomic mass is 15.2. The summed E-state index contributed by atoms with van der Waals surface area (Å²) < 4.78 is 0. The maximum absolute atomic E-state index is 4.57. The molecular formula is C15H22N4. The van der Waals surface area contributed by atoms with Gasteiger partial charge in [-0.05, 0) is 37.3 Å². The number of para-hydroxylation sites is 1. The van der Waals surface area contributed by atoms with Crippen LogP contribution in [0.5, 0.6) is 0 Å². The van der Waals surface area contributed by atoms with Gasteiger partial charge in [0.2, 0.25) is 0 Å². The van der Waals surface area contributed by atoms with Crippen LogP contribution in [-0.2, 0) is 6.42 Å². The summed E-state index contributed by atoms with van der Waals surface area (Å²) in [5.74, 6) is 0.892. The van der Waals surface area contributed by atoms with Crippen LogP contribution in [0.25, 0.3) is 10.9 Å². The van der Waals surface area contributed by atoms with Crippen molar-refractivity contribution in [3.8, 4) is 0 Å². The van der Waals surface area contributed by atoms with E-state index in [9.17, 15) is 0 Å². The maximum Gasteiger partial charge on any atom is 0.191 e. The van der Waals surface area contributed by atoms with Gasteiger partial charge in [0.15, 0.2) is 5.96 Å². The SMILES string of the molecule is CCNC(=NCCc1cccc2cc[nH]c12)NCC. The van der Waals surface area contributed by atoms with Gasteiger partial charge in [0.1, 0.15) is 0 Å². The number of aromatic amines is 1. The molecule has 0 atom stereocenters. The van der Waals surface area contributed by atoms with E-state index < -0.39 is 0 Å². The largest absolute Gasteiger partial charge is 0.361 e. The summed E-state index contributed by atoms with van der Waals surface area (Å²) in [6.07, 6.45) is 2.93. The normalized spacial score (nSPS) is 10.4. The van der Waals surface area contributed by atoms with Gasteiger partial charge in [-0.3, -0.25) is 4.99 Å². The monoisotopic (exact) mass is 258 g/mol. The van der Waals surface area contributed by atoms with Gasteiger partial charge in [-0.2, -0.15) is 0 Å². The van der Waals surface area contributed by atoms with Crippen molar-refractivity contribution >= 4 is 16.9 Å². The molecule has 0 amide bonds. The Kier molecular flexibility index (Phi) is 4.84. The lowest BCUT2D eigenvalue weighted by Crippen LogP contribution is -2.37. The second kappa shape index (κ2) is 6.83. The molecule has 3 N–H and O–H groups in total. The minimum atomic E-state index is 0.785. The van der Waals surface area contributed by atoms with Crippen LogP contribution in [0.4, 0.5) is 0 Å². The van der Waals surface area contributed by atoms with Crippen LogP contribution in [-0.4, -0.2) is 30.6 Å². The maximum atomic E-state index is 4.57. The number of guanidine groups is 1. The predicted molar refractivity (Wildman–Crippen MR) is 81.7 cm³/mol. The van der Waals surface area contributed by atoms with E-state index in [1.54, 1.807) is 0 Å². The minimum absolute atomic E-state index is 0.785. The van der Waals surface area contributed by atoms with E-state index >= 15 is 0 Å². The van der Waals surface area contributed by atoms with Crippen molar-refractivity contribution in [2.75, 3.05) is 19.6 Å². The number of fused-ring (bicyclic) bond motifs is 1. The first-order valence-electron chi connectivity index (χ1n) is 6.92. The predicted octanol–water partition coefficient (Wildman–Crippen LogP) is 2.29. The third kappa shape index (κ3) is 3.50. The molecule has 0 spiro atoms. The number of nitrogens with one attached hydrogen (secondary N) is 3. The van der Waals surface area contributed by atoms with Crippen molar-refractivity contribution in [2.24, 2.45) is 4.99 Å². The van der Waals surface area contributed by atoms with Gasteiger partial charge in [0, 0.05) is 31.3 Å². The molecule has 0 saturated heterocycles. The van der Waals surface area contributed by atoms with E-state index in [2.05, 4.69) is 58.7 Å². The lowest BCUT2D eigenvalue weighted by molar-refractivity contribution is 0.834. The molecule has 0 aliphatic rings. The summed E-state index contributed by atoms with van der Waals surface area (Å²) in [6.45, 7) is 6.71. The van der Waals surface area contributed by atoms with Crippen LogP contribution in [0.2, 0.25) is 0 Å². The van der Waals surface area contributed by atoms with Gasteiger partial charge >= 0.3 is 0 Å². The molecule has 102 valence electrons. The summed E-state index contributed by atoms with van der Waals surface area (Å²) in [5.41, 5.74) is 2.55. The Morgan fingerprint density at radius 2 is 1.95 bits per heavy atom.